The van der Waals surface area contributed by atoms with Crippen LogP contribution in [0.25, 0.3) is 0 Å². The number of ether oxygens (including phenoxy) is 1. The van der Waals surface area contributed by atoms with Crippen molar-refractivity contribution in [3.05, 3.63) is 28.8 Å². The minimum atomic E-state index is 0.479. The van der Waals surface area contributed by atoms with Crippen molar-refractivity contribution < 1.29 is 4.74 Å². The lowest BCUT2D eigenvalue weighted by atomic mass is 9.81. The molecule has 1 atom stereocenters. The van der Waals surface area contributed by atoms with Crippen molar-refractivity contribution in [3.63, 3.8) is 0 Å². The molecule has 2 nitrogen and oxygen atoms in total. The van der Waals surface area contributed by atoms with Crippen LogP contribution in [0.2, 0.25) is 0 Å². The van der Waals surface area contributed by atoms with Crippen LogP contribution in [0.3, 0.4) is 0 Å². The van der Waals surface area contributed by atoms with E-state index < -0.39 is 0 Å². The maximum absolute atomic E-state index is 5.46. The van der Waals surface area contributed by atoms with Crippen molar-refractivity contribution in [2.24, 2.45) is 5.92 Å². The van der Waals surface area contributed by atoms with Gasteiger partial charge in [-0.2, -0.15) is 0 Å². The summed E-state index contributed by atoms with van der Waals surface area (Å²) in [6.07, 6.45) is 9.73. The molecule has 21 heavy (non-hydrogen) atoms. The van der Waals surface area contributed by atoms with Gasteiger partial charge in [-0.25, -0.2) is 0 Å². The quantitative estimate of drug-likeness (QED) is 0.848. The second-order valence-electron chi connectivity index (χ2n) is 6.55. The number of hydrogen-bond acceptors (Lipinski definition) is 2. The van der Waals surface area contributed by atoms with Crippen LogP contribution in [0.4, 0.5) is 0 Å². The lowest BCUT2D eigenvalue weighted by Crippen LogP contribution is -2.27. The summed E-state index contributed by atoms with van der Waals surface area (Å²) in [5, 5.41) is 3.60. The molecule has 0 aliphatic heterocycles. The highest BCUT2D eigenvalue weighted by atomic mass is 16.5. The minimum absolute atomic E-state index is 0.479. The van der Waals surface area contributed by atoms with Crippen molar-refractivity contribution in [2.75, 3.05) is 14.2 Å². The molecule has 0 spiro atoms. The van der Waals surface area contributed by atoms with E-state index in [0.29, 0.717) is 6.04 Å². The van der Waals surface area contributed by atoms with Gasteiger partial charge in [-0.05, 0) is 62.4 Å². The van der Waals surface area contributed by atoms with Gasteiger partial charge in [0.05, 0.1) is 7.11 Å². The normalized spacial score (nSPS) is 18.9. The van der Waals surface area contributed by atoms with Crippen LogP contribution < -0.4 is 10.1 Å². The molecule has 1 aliphatic carbocycles. The molecule has 2 rings (SSSR count). The van der Waals surface area contributed by atoms with Gasteiger partial charge in [0.2, 0.25) is 0 Å². The zero-order valence-corrected chi connectivity index (χ0v) is 14.2. The van der Waals surface area contributed by atoms with Crippen LogP contribution in [-0.2, 0) is 0 Å². The van der Waals surface area contributed by atoms with E-state index in [-0.39, 0.29) is 0 Å². The lowest BCUT2D eigenvalue weighted by molar-refractivity contribution is 0.298. The lowest BCUT2D eigenvalue weighted by Gasteiger charge is -2.30. The third-order valence-corrected chi connectivity index (χ3v) is 5.05. The molecule has 2 heteroatoms. The molecule has 0 heterocycles. The molecular formula is C19H31NO. The van der Waals surface area contributed by atoms with Gasteiger partial charge >= 0.3 is 0 Å². The number of hydrogen-bond donors (Lipinski definition) is 1. The number of methoxy groups -OCH3 is 1. The van der Waals surface area contributed by atoms with Crippen molar-refractivity contribution in [2.45, 2.75) is 64.8 Å². The first-order valence-electron chi connectivity index (χ1n) is 8.49. The van der Waals surface area contributed by atoms with Crippen LogP contribution >= 0.6 is 0 Å². The summed E-state index contributed by atoms with van der Waals surface area (Å²) in [7, 11) is 3.87. The Bertz CT molecular complexity index is 447. The summed E-state index contributed by atoms with van der Waals surface area (Å²) in [5.74, 6) is 1.77. The topological polar surface area (TPSA) is 21.3 Å². The van der Waals surface area contributed by atoms with E-state index in [1.807, 2.05) is 0 Å². The Labute approximate surface area is 130 Å². The van der Waals surface area contributed by atoms with Crippen molar-refractivity contribution in [1.82, 2.24) is 5.32 Å². The summed E-state index contributed by atoms with van der Waals surface area (Å²) in [4.78, 5) is 0. The van der Waals surface area contributed by atoms with Crippen LogP contribution in [0.5, 0.6) is 5.75 Å². The first kappa shape index (κ1) is 16.4. The molecule has 1 aromatic carbocycles. The van der Waals surface area contributed by atoms with Crippen LogP contribution in [0.15, 0.2) is 12.1 Å². The second kappa shape index (κ2) is 7.84. The molecule has 1 fully saturated rings. The van der Waals surface area contributed by atoms with Gasteiger partial charge < -0.3 is 10.1 Å². The number of aryl methyl sites for hydroxylation is 2. The van der Waals surface area contributed by atoms with Crippen LogP contribution in [-0.4, -0.2) is 14.2 Å². The van der Waals surface area contributed by atoms with Crippen LogP contribution in [0, 0.1) is 19.8 Å². The molecule has 1 unspecified atom stereocenters. The average molecular weight is 289 g/mol. The van der Waals surface area contributed by atoms with E-state index >= 15 is 0 Å². The standard InChI is InChI=1S/C19H31NO/c1-14-13-18(21-4)15(2)12-17(14)19(20-3)16-10-8-6-5-7-9-11-16/h12-13,16,19-20H,5-11H2,1-4H3. The van der Waals surface area contributed by atoms with Gasteiger partial charge in [0.25, 0.3) is 0 Å². The second-order valence-corrected chi connectivity index (χ2v) is 6.55. The Balaban J connectivity index is 2.25. The van der Waals surface area contributed by atoms with Crippen molar-refractivity contribution >= 4 is 0 Å². The van der Waals surface area contributed by atoms with Crippen molar-refractivity contribution in [1.29, 1.82) is 0 Å². The van der Waals surface area contributed by atoms with Gasteiger partial charge in [-0.1, -0.05) is 38.2 Å². The fraction of sp³-hybridized carbons (Fsp3) is 0.684. The van der Waals surface area contributed by atoms with Gasteiger partial charge in [0.1, 0.15) is 5.75 Å². The smallest absolute Gasteiger partial charge is 0.122 e. The Hall–Kier alpha value is -1.02. The van der Waals surface area contributed by atoms with E-state index in [1.54, 1.807) is 7.11 Å². The molecule has 118 valence electrons. The predicted octanol–water partition coefficient (Wildman–Crippen LogP) is 4.93. The highest BCUT2D eigenvalue weighted by Gasteiger charge is 2.24. The zero-order valence-electron chi connectivity index (χ0n) is 14.2. The average Bonchev–Trinajstić information content (AvgIpc) is 2.44. The van der Waals surface area contributed by atoms with E-state index in [1.165, 1.54) is 61.6 Å². The fourth-order valence-corrected chi connectivity index (χ4v) is 3.83. The fourth-order valence-electron chi connectivity index (χ4n) is 3.83. The molecule has 1 saturated carbocycles. The molecule has 0 amide bonds. The Morgan fingerprint density at radius 3 is 2.19 bits per heavy atom. The van der Waals surface area contributed by atoms with Gasteiger partial charge in [0, 0.05) is 6.04 Å². The number of rotatable bonds is 4. The van der Waals surface area contributed by atoms with Crippen LogP contribution in [0.1, 0.15) is 67.7 Å². The van der Waals surface area contributed by atoms with E-state index in [0.717, 1.165) is 11.7 Å². The first-order chi connectivity index (χ1) is 10.2. The highest BCUT2D eigenvalue weighted by molar-refractivity contribution is 5.43. The van der Waals surface area contributed by atoms with E-state index in [9.17, 15) is 0 Å². The molecule has 0 saturated heterocycles. The van der Waals surface area contributed by atoms with Crippen molar-refractivity contribution in [3.8, 4) is 5.75 Å². The molecule has 1 aromatic rings. The molecule has 0 aromatic heterocycles. The largest absolute Gasteiger partial charge is 0.496 e. The molecule has 0 radical (unpaired) electrons. The van der Waals surface area contributed by atoms with Gasteiger partial charge in [0.15, 0.2) is 0 Å². The van der Waals surface area contributed by atoms with E-state index in [4.69, 9.17) is 4.74 Å². The third kappa shape index (κ3) is 4.00. The number of benzene rings is 1. The predicted molar refractivity (Wildman–Crippen MR) is 90.1 cm³/mol. The monoisotopic (exact) mass is 289 g/mol. The summed E-state index contributed by atoms with van der Waals surface area (Å²) in [5.41, 5.74) is 4.05. The summed E-state index contributed by atoms with van der Waals surface area (Å²) in [6, 6.07) is 5.00. The maximum Gasteiger partial charge on any atom is 0.122 e. The third-order valence-electron chi connectivity index (χ3n) is 5.05. The Morgan fingerprint density at radius 2 is 1.62 bits per heavy atom. The van der Waals surface area contributed by atoms with Gasteiger partial charge in [-0.15, -0.1) is 0 Å². The summed E-state index contributed by atoms with van der Waals surface area (Å²) in [6.45, 7) is 4.36. The summed E-state index contributed by atoms with van der Waals surface area (Å²) < 4.78 is 5.46. The van der Waals surface area contributed by atoms with E-state index in [2.05, 4.69) is 38.3 Å². The SMILES string of the molecule is CNC(c1cc(C)c(OC)cc1C)C1CCCCCCC1. The summed E-state index contributed by atoms with van der Waals surface area (Å²) >= 11 is 0. The molecule has 0 bridgehead atoms. The Kier molecular flexibility index (Phi) is 6.10. The Morgan fingerprint density at radius 1 is 1.00 bits per heavy atom. The maximum atomic E-state index is 5.46. The zero-order chi connectivity index (χ0) is 15.2. The minimum Gasteiger partial charge on any atom is -0.496 e. The first-order valence-corrected chi connectivity index (χ1v) is 8.49. The number of nitrogens with one attached hydrogen (secondary N) is 1. The highest BCUT2D eigenvalue weighted by Crippen LogP contribution is 2.36. The van der Waals surface area contributed by atoms with Gasteiger partial charge in [-0.3, -0.25) is 0 Å². The molecule has 1 N–H and O–H groups in total. The molecular weight excluding hydrogens is 258 g/mol. The molecule has 1 aliphatic rings.